The van der Waals surface area contributed by atoms with Gasteiger partial charge in [0.05, 0.1) is 6.10 Å². The van der Waals surface area contributed by atoms with Gasteiger partial charge in [-0.1, -0.05) is 26.7 Å². The maximum atomic E-state index is 12.1. The Bertz CT molecular complexity index is 330. The van der Waals surface area contributed by atoms with E-state index in [1.54, 1.807) is 0 Å². The summed E-state index contributed by atoms with van der Waals surface area (Å²) in [6.45, 7) is 5.35. The van der Waals surface area contributed by atoms with E-state index in [1.807, 2.05) is 0 Å². The molecule has 2 aliphatic carbocycles. The molecule has 0 aromatic carbocycles. The predicted molar refractivity (Wildman–Crippen MR) is 85.2 cm³/mol. The molecule has 0 atom stereocenters. The Balaban J connectivity index is 1.74. The summed E-state index contributed by atoms with van der Waals surface area (Å²) < 4.78 is 0. The molecule has 3 N–H and O–H groups in total. The minimum Gasteiger partial charge on any atom is -0.393 e. The van der Waals surface area contributed by atoms with Gasteiger partial charge in [0.15, 0.2) is 0 Å². The molecule has 0 saturated heterocycles. The smallest absolute Gasteiger partial charge is 0.315 e. The highest BCUT2D eigenvalue weighted by Gasteiger charge is 2.34. The molecule has 0 radical (unpaired) electrons. The van der Waals surface area contributed by atoms with Crippen LogP contribution in [0.1, 0.15) is 71.6 Å². The Morgan fingerprint density at radius 3 is 2.38 bits per heavy atom. The lowest BCUT2D eigenvalue weighted by Crippen LogP contribution is -2.47. The van der Waals surface area contributed by atoms with E-state index in [2.05, 4.69) is 24.5 Å². The second-order valence-electron chi connectivity index (χ2n) is 7.64. The van der Waals surface area contributed by atoms with Crippen molar-refractivity contribution in [3.8, 4) is 0 Å². The molecule has 0 heterocycles. The van der Waals surface area contributed by atoms with Crippen LogP contribution in [0.5, 0.6) is 0 Å². The highest BCUT2D eigenvalue weighted by atomic mass is 16.3. The molecular weight excluding hydrogens is 264 g/mol. The van der Waals surface area contributed by atoms with Crippen molar-refractivity contribution < 1.29 is 9.90 Å². The lowest BCUT2D eigenvalue weighted by atomic mass is 9.78. The summed E-state index contributed by atoms with van der Waals surface area (Å²) in [6.07, 6.45) is 9.55. The summed E-state index contributed by atoms with van der Waals surface area (Å²) in [5, 5.41) is 15.7. The van der Waals surface area contributed by atoms with E-state index in [1.165, 1.54) is 32.1 Å². The summed E-state index contributed by atoms with van der Waals surface area (Å²) in [6, 6.07) is 0.212. The fourth-order valence-electron chi connectivity index (χ4n) is 4.17. The molecule has 2 saturated carbocycles. The molecule has 2 amide bonds. The van der Waals surface area contributed by atoms with Crippen molar-refractivity contribution in [2.24, 2.45) is 11.3 Å². The second kappa shape index (κ2) is 7.48. The normalized spacial score (nSPS) is 28.6. The van der Waals surface area contributed by atoms with Gasteiger partial charge >= 0.3 is 6.03 Å². The Hall–Kier alpha value is -0.770. The van der Waals surface area contributed by atoms with Gasteiger partial charge in [0.2, 0.25) is 0 Å². The molecular formula is C17H32N2O2. The number of aliphatic hydroxyl groups is 1. The van der Waals surface area contributed by atoms with Crippen LogP contribution < -0.4 is 10.6 Å². The highest BCUT2D eigenvalue weighted by Crippen LogP contribution is 2.42. The molecule has 0 spiro atoms. The zero-order chi connectivity index (χ0) is 15.3. The van der Waals surface area contributed by atoms with Crippen LogP contribution in [-0.2, 0) is 0 Å². The number of aliphatic hydroxyl groups excluding tert-OH is 1. The van der Waals surface area contributed by atoms with Crippen LogP contribution >= 0.6 is 0 Å². The van der Waals surface area contributed by atoms with Crippen molar-refractivity contribution in [1.82, 2.24) is 10.6 Å². The molecule has 0 aliphatic heterocycles. The van der Waals surface area contributed by atoms with Crippen LogP contribution in [0.3, 0.4) is 0 Å². The summed E-state index contributed by atoms with van der Waals surface area (Å²) in [5.41, 5.74) is 0.328. The molecule has 0 unspecified atom stereocenters. The van der Waals surface area contributed by atoms with Crippen molar-refractivity contribution in [1.29, 1.82) is 0 Å². The number of hydrogen-bond donors (Lipinski definition) is 3. The van der Waals surface area contributed by atoms with Gasteiger partial charge in [0.1, 0.15) is 0 Å². The topological polar surface area (TPSA) is 61.4 Å². The summed E-state index contributed by atoms with van der Waals surface area (Å²) in [5.74, 6) is 0.688. The monoisotopic (exact) mass is 296 g/mol. The number of rotatable bonds is 5. The highest BCUT2D eigenvalue weighted by molar-refractivity contribution is 5.74. The van der Waals surface area contributed by atoms with E-state index < -0.39 is 0 Å². The molecule has 122 valence electrons. The first-order chi connectivity index (χ1) is 9.99. The van der Waals surface area contributed by atoms with Gasteiger partial charge in [-0.05, 0) is 56.3 Å². The maximum Gasteiger partial charge on any atom is 0.315 e. The van der Waals surface area contributed by atoms with Gasteiger partial charge in [-0.2, -0.15) is 0 Å². The van der Waals surface area contributed by atoms with E-state index in [0.717, 1.165) is 32.2 Å². The first-order valence-electron chi connectivity index (χ1n) is 8.71. The van der Waals surface area contributed by atoms with Crippen LogP contribution in [0.4, 0.5) is 4.79 Å². The first kappa shape index (κ1) is 16.6. The van der Waals surface area contributed by atoms with E-state index >= 15 is 0 Å². The van der Waals surface area contributed by atoms with Gasteiger partial charge < -0.3 is 15.7 Å². The quantitative estimate of drug-likeness (QED) is 0.729. The lowest BCUT2D eigenvalue weighted by Gasteiger charge is -2.32. The summed E-state index contributed by atoms with van der Waals surface area (Å²) in [7, 11) is 0. The summed E-state index contributed by atoms with van der Waals surface area (Å²) >= 11 is 0. The third-order valence-electron chi connectivity index (χ3n) is 5.16. The van der Waals surface area contributed by atoms with E-state index in [4.69, 9.17) is 0 Å². The third-order valence-corrected chi connectivity index (χ3v) is 5.16. The zero-order valence-electron chi connectivity index (χ0n) is 13.7. The number of hydrogen-bond acceptors (Lipinski definition) is 2. The van der Waals surface area contributed by atoms with Gasteiger partial charge in [-0.25, -0.2) is 4.79 Å². The van der Waals surface area contributed by atoms with Crippen molar-refractivity contribution in [3.05, 3.63) is 0 Å². The van der Waals surface area contributed by atoms with E-state index in [9.17, 15) is 9.90 Å². The second-order valence-corrected chi connectivity index (χ2v) is 7.64. The Morgan fingerprint density at radius 2 is 1.81 bits per heavy atom. The fraction of sp³-hybridized carbons (Fsp3) is 0.941. The maximum absolute atomic E-state index is 12.1. The SMILES string of the molecule is CC(C)CC1(CNC(=O)NC2CCC(O)CC2)CCCC1. The Kier molecular flexibility index (Phi) is 5.91. The van der Waals surface area contributed by atoms with Crippen molar-refractivity contribution in [2.45, 2.75) is 83.8 Å². The molecule has 4 nitrogen and oxygen atoms in total. The molecule has 4 heteroatoms. The average molecular weight is 296 g/mol. The molecule has 0 aromatic heterocycles. The lowest BCUT2D eigenvalue weighted by molar-refractivity contribution is 0.117. The van der Waals surface area contributed by atoms with Crippen molar-refractivity contribution in [3.63, 3.8) is 0 Å². The fourth-order valence-corrected chi connectivity index (χ4v) is 4.17. The van der Waals surface area contributed by atoms with Gasteiger partial charge in [-0.3, -0.25) is 0 Å². The number of urea groups is 1. The largest absolute Gasteiger partial charge is 0.393 e. The van der Waals surface area contributed by atoms with E-state index in [0.29, 0.717) is 11.3 Å². The van der Waals surface area contributed by atoms with Crippen LogP contribution in [-0.4, -0.2) is 29.8 Å². The standard InChI is InChI=1S/C17H32N2O2/c1-13(2)11-17(9-3-4-10-17)12-18-16(21)19-14-5-7-15(20)8-6-14/h13-15,20H,3-12H2,1-2H3,(H2,18,19,21). The van der Waals surface area contributed by atoms with E-state index in [-0.39, 0.29) is 18.2 Å². The summed E-state index contributed by atoms with van der Waals surface area (Å²) in [4.78, 5) is 12.1. The van der Waals surface area contributed by atoms with Crippen molar-refractivity contribution >= 4 is 6.03 Å². The number of amides is 2. The van der Waals surface area contributed by atoms with Crippen LogP contribution in [0, 0.1) is 11.3 Å². The van der Waals surface area contributed by atoms with Crippen molar-refractivity contribution in [2.75, 3.05) is 6.54 Å². The minimum absolute atomic E-state index is 0.0218. The molecule has 2 rings (SSSR count). The van der Waals surface area contributed by atoms with Gasteiger partial charge in [-0.15, -0.1) is 0 Å². The number of nitrogens with one attached hydrogen (secondary N) is 2. The van der Waals surface area contributed by atoms with Gasteiger partial charge in [0, 0.05) is 12.6 Å². The predicted octanol–water partition coefficient (Wildman–Crippen LogP) is 3.20. The molecule has 0 aromatic rings. The molecule has 2 fully saturated rings. The van der Waals surface area contributed by atoms with Crippen LogP contribution in [0.15, 0.2) is 0 Å². The van der Waals surface area contributed by atoms with Gasteiger partial charge in [0.25, 0.3) is 0 Å². The third kappa shape index (κ3) is 5.17. The molecule has 21 heavy (non-hydrogen) atoms. The molecule has 0 bridgehead atoms. The Labute approximate surface area is 129 Å². The minimum atomic E-state index is -0.168. The average Bonchev–Trinajstić information content (AvgIpc) is 2.87. The molecule has 2 aliphatic rings. The Morgan fingerprint density at radius 1 is 1.19 bits per heavy atom. The first-order valence-corrected chi connectivity index (χ1v) is 8.71. The van der Waals surface area contributed by atoms with Crippen LogP contribution in [0.2, 0.25) is 0 Å². The number of carbonyl (C=O) groups is 1. The zero-order valence-corrected chi connectivity index (χ0v) is 13.7. The number of carbonyl (C=O) groups excluding carboxylic acids is 1. The van der Waals surface area contributed by atoms with Crippen LogP contribution in [0.25, 0.3) is 0 Å².